The molecule has 1 aromatic carbocycles. The van der Waals surface area contributed by atoms with Crippen molar-refractivity contribution in [3.05, 3.63) is 29.8 Å². The zero-order valence-corrected chi connectivity index (χ0v) is 11.3. The Morgan fingerprint density at radius 3 is 2.48 bits per heavy atom. The lowest BCUT2D eigenvalue weighted by Crippen LogP contribution is -2.23. The molecule has 1 amide bonds. The molecule has 112 valence electrons. The van der Waals surface area contributed by atoms with E-state index < -0.39 is 18.0 Å². The summed E-state index contributed by atoms with van der Waals surface area (Å²) in [5, 5.41) is 10.5. The molecule has 0 aliphatic rings. The molecule has 1 heterocycles. The maximum absolute atomic E-state index is 12.4. The number of benzene rings is 1. The summed E-state index contributed by atoms with van der Waals surface area (Å²) in [7, 11) is 0. The molecule has 7 heteroatoms. The highest BCUT2D eigenvalue weighted by atomic mass is 19.4. The molecule has 0 spiro atoms. The fraction of sp³-hybridized carbons (Fsp3) is 0.286. The molecule has 2 aromatic rings. The van der Waals surface area contributed by atoms with Crippen molar-refractivity contribution in [2.45, 2.75) is 20.0 Å². The van der Waals surface area contributed by atoms with Crippen molar-refractivity contribution in [1.82, 2.24) is 4.98 Å². The van der Waals surface area contributed by atoms with Crippen LogP contribution in [0, 0.1) is 5.92 Å². The van der Waals surface area contributed by atoms with Crippen molar-refractivity contribution in [3.8, 4) is 5.88 Å². The van der Waals surface area contributed by atoms with Gasteiger partial charge < -0.3 is 10.1 Å². The molecule has 0 bridgehead atoms. The van der Waals surface area contributed by atoms with E-state index in [-0.39, 0.29) is 17.2 Å². The van der Waals surface area contributed by atoms with Gasteiger partial charge in [0.05, 0.1) is 11.3 Å². The summed E-state index contributed by atoms with van der Waals surface area (Å²) in [5.74, 6) is -2.96. The lowest BCUT2D eigenvalue weighted by atomic mass is 9.99. The van der Waals surface area contributed by atoms with Gasteiger partial charge in [-0.25, -0.2) is 4.99 Å². The van der Waals surface area contributed by atoms with Crippen LogP contribution in [0.25, 0.3) is 10.9 Å². The van der Waals surface area contributed by atoms with Crippen LogP contribution in [0.4, 0.5) is 13.2 Å². The van der Waals surface area contributed by atoms with E-state index in [1.807, 2.05) is 0 Å². The highest BCUT2D eigenvalue weighted by Crippen LogP contribution is 2.30. The number of alkyl halides is 3. The molecule has 0 fully saturated rings. The van der Waals surface area contributed by atoms with Crippen LogP contribution in [0.15, 0.2) is 29.3 Å². The van der Waals surface area contributed by atoms with Gasteiger partial charge in [0.25, 0.3) is 0 Å². The van der Waals surface area contributed by atoms with Gasteiger partial charge in [0.15, 0.2) is 5.88 Å². The number of amides is 1. The topological polar surface area (TPSA) is 65.4 Å². The van der Waals surface area contributed by atoms with Crippen LogP contribution >= 0.6 is 0 Å². The minimum atomic E-state index is -5.04. The third-order valence-electron chi connectivity index (χ3n) is 2.95. The molecule has 2 rings (SSSR count). The fourth-order valence-electron chi connectivity index (χ4n) is 2.03. The quantitative estimate of drug-likeness (QED) is 0.834. The summed E-state index contributed by atoms with van der Waals surface area (Å²) < 4.78 is 37.2. The van der Waals surface area contributed by atoms with Crippen molar-refractivity contribution in [2.75, 3.05) is 0 Å². The smallest absolute Gasteiger partial charge is 0.473 e. The lowest BCUT2D eigenvalue weighted by molar-refractivity contribution is -0.169. The Bertz CT molecular complexity index is 715. The predicted molar refractivity (Wildman–Crippen MR) is 72.4 cm³/mol. The zero-order chi connectivity index (χ0) is 15.8. The molecule has 0 aliphatic carbocycles. The van der Waals surface area contributed by atoms with Gasteiger partial charge in [0, 0.05) is 10.9 Å². The summed E-state index contributed by atoms with van der Waals surface area (Å²) in [6, 6.07) is 6.71. The minimum absolute atomic E-state index is 0.104. The van der Waals surface area contributed by atoms with Crippen LogP contribution < -0.4 is 0 Å². The van der Waals surface area contributed by atoms with Gasteiger partial charge in [0.1, 0.15) is 0 Å². The Morgan fingerprint density at radius 1 is 1.29 bits per heavy atom. The minimum Gasteiger partial charge on any atom is -0.494 e. The van der Waals surface area contributed by atoms with Crippen LogP contribution in [-0.4, -0.2) is 27.9 Å². The number of aromatic amines is 1. The second kappa shape index (κ2) is 5.23. The van der Waals surface area contributed by atoms with Crippen molar-refractivity contribution < 1.29 is 23.1 Å². The largest absolute Gasteiger partial charge is 0.494 e. The van der Waals surface area contributed by atoms with Gasteiger partial charge in [-0.1, -0.05) is 32.0 Å². The average molecular weight is 298 g/mol. The predicted octanol–water partition coefficient (Wildman–Crippen LogP) is 3.41. The third kappa shape index (κ3) is 2.91. The lowest BCUT2D eigenvalue weighted by Gasteiger charge is -2.10. The van der Waals surface area contributed by atoms with Crippen LogP contribution in [0.3, 0.4) is 0 Å². The number of hydrogen-bond donors (Lipinski definition) is 2. The van der Waals surface area contributed by atoms with Crippen LogP contribution in [0.1, 0.15) is 19.4 Å². The number of fused-ring (bicyclic) bond motifs is 1. The number of aromatic nitrogens is 1. The van der Waals surface area contributed by atoms with E-state index in [4.69, 9.17) is 0 Å². The second-order valence-corrected chi connectivity index (χ2v) is 4.85. The summed E-state index contributed by atoms with van der Waals surface area (Å²) in [4.78, 5) is 16.9. The highest BCUT2D eigenvalue weighted by molar-refractivity contribution is 6.17. The number of aromatic hydroxyl groups is 1. The molecule has 0 atom stereocenters. The SMILES string of the molecule is CC(C)C(=NC(=O)C(F)(F)F)c1c(O)[nH]c2ccccc12. The van der Waals surface area contributed by atoms with Crippen LogP contribution in [0.2, 0.25) is 0 Å². The molecule has 0 saturated heterocycles. The molecule has 0 radical (unpaired) electrons. The van der Waals surface area contributed by atoms with Gasteiger partial charge in [-0.05, 0) is 12.0 Å². The van der Waals surface area contributed by atoms with E-state index in [0.29, 0.717) is 10.9 Å². The molecule has 0 saturated carbocycles. The second-order valence-electron chi connectivity index (χ2n) is 4.85. The maximum atomic E-state index is 12.4. The van der Waals surface area contributed by atoms with Crippen molar-refractivity contribution >= 4 is 22.5 Å². The van der Waals surface area contributed by atoms with Gasteiger partial charge in [-0.15, -0.1) is 0 Å². The number of hydrogen-bond acceptors (Lipinski definition) is 2. The molecule has 0 unspecified atom stereocenters. The standard InChI is InChI=1S/C14H13F3N2O2/c1-7(2)11(19-13(21)14(15,16)17)10-8-5-3-4-6-9(8)18-12(10)20/h3-7,18,20H,1-2H3. The number of nitrogens with one attached hydrogen (secondary N) is 1. The van der Waals surface area contributed by atoms with E-state index in [9.17, 15) is 23.1 Å². The van der Waals surface area contributed by atoms with Crippen LogP contribution in [0.5, 0.6) is 5.88 Å². The third-order valence-corrected chi connectivity index (χ3v) is 2.95. The van der Waals surface area contributed by atoms with E-state index in [1.165, 1.54) is 0 Å². The van der Waals surface area contributed by atoms with Crippen molar-refractivity contribution in [3.63, 3.8) is 0 Å². The number of H-pyrrole nitrogens is 1. The van der Waals surface area contributed by atoms with Crippen LogP contribution in [-0.2, 0) is 4.79 Å². The monoisotopic (exact) mass is 298 g/mol. The normalized spacial score (nSPS) is 13.1. The maximum Gasteiger partial charge on any atom is 0.473 e. The molecule has 21 heavy (non-hydrogen) atoms. The van der Waals surface area contributed by atoms with Crippen molar-refractivity contribution in [1.29, 1.82) is 0 Å². The van der Waals surface area contributed by atoms with E-state index in [2.05, 4.69) is 9.98 Å². The van der Waals surface area contributed by atoms with E-state index in [0.717, 1.165) is 0 Å². The Kier molecular flexibility index (Phi) is 3.76. The fourth-order valence-corrected chi connectivity index (χ4v) is 2.03. The highest BCUT2D eigenvalue weighted by Gasteiger charge is 2.39. The van der Waals surface area contributed by atoms with Gasteiger partial charge in [-0.3, -0.25) is 4.79 Å². The average Bonchev–Trinajstić information content (AvgIpc) is 2.70. The summed E-state index contributed by atoms with van der Waals surface area (Å²) in [6.45, 7) is 3.20. The van der Waals surface area contributed by atoms with Gasteiger partial charge >= 0.3 is 12.1 Å². The first-order chi connectivity index (χ1) is 9.71. The van der Waals surface area contributed by atoms with Gasteiger partial charge in [-0.2, -0.15) is 13.2 Å². The first-order valence-corrected chi connectivity index (χ1v) is 6.21. The molecular formula is C14H13F3N2O2. The summed E-state index contributed by atoms with van der Waals surface area (Å²) in [5.41, 5.74) is 0.572. The number of para-hydroxylation sites is 1. The zero-order valence-electron chi connectivity index (χ0n) is 11.3. The molecule has 2 N–H and O–H groups in total. The first kappa shape index (κ1) is 15.1. The Hall–Kier alpha value is -2.31. The molecular weight excluding hydrogens is 285 g/mol. The number of nitrogens with zero attached hydrogens (tertiary/aromatic N) is 1. The Balaban J connectivity index is 2.65. The summed E-state index contributed by atoms with van der Waals surface area (Å²) >= 11 is 0. The molecule has 0 aliphatic heterocycles. The molecule has 1 aromatic heterocycles. The Morgan fingerprint density at radius 2 is 1.90 bits per heavy atom. The number of rotatable bonds is 2. The summed E-state index contributed by atoms with van der Waals surface area (Å²) in [6.07, 6.45) is -5.04. The number of carbonyl (C=O) groups is 1. The first-order valence-electron chi connectivity index (χ1n) is 6.21. The number of halogens is 3. The Labute approximate surface area is 118 Å². The number of aliphatic imine (C=N–C) groups is 1. The van der Waals surface area contributed by atoms with Crippen molar-refractivity contribution in [2.24, 2.45) is 10.9 Å². The van der Waals surface area contributed by atoms with E-state index >= 15 is 0 Å². The van der Waals surface area contributed by atoms with E-state index in [1.54, 1.807) is 38.1 Å². The molecule has 4 nitrogen and oxygen atoms in total. The number of carbonyl (C=O) groups excluding carboxylic acids is 1. The van der Waals surface area contributed by atoms with Gasteiger partial charge in [0.2, 0.25) is 0 Å².